The van der Waals surface area contributed by atoms with Crippen LogP contribution in [0.1, 0.15) is 37.8 Å². The van der Waals surface area contributed by atoms with Crippen molar-refractivity contribution in [2.75, 3.05) is 0 Å². The second-order valence-corrected chi connectivity index (χ2v) is 6.38. The average molecular weight is 333 g/mol. The normalized spacial score (nSPS) is 20.9. The number of imide groups is 1. The molecule has 2 amide bonds. The number of nitrogens with one attached hydrogen (secondary N) is 1. The van der Waals surface area contributed by atoms with E-state index in [-0.39, 0.29) is 30.0 Å². The molecule has 1 N–H and O–H groups in total. The van der Waals surface area contributed by atoms with E-state index in [0.29, 0.717) is 30.8 Å². The van der Waals surface area contributed by atoms with Gasteiger partial charge in [-0.2, -0.15) is 0 Å². The van der Waals surface area contributed by atoms with Crippen LogP contribution in [-0.4, -0.2) is 33.8 Å². The smallest absolute Gasteiger partial charge is 0.277 e. The molecular formula is C16H19N3O5. The molecule has 2 aliphatic heterocycles. The molecule has 2 aliphatic rings. The molecule has 0 radical (unpaired) electrons. The molecule has 2 heterocycles. The Labute approximate surface area is 138 Å². The van der Waals surface area contributed by atoms with Crippen molar-refractivity contribution in [3.63, 3.8) is 0 Å². The van der Waals surface area contributed by atoms with Crippen LogP contribution in [-0.2, 0) is 22.7 Å². The van der Waals surface area contributed by atoms with E-state index in [9.17, 15) is 19.7 Å². The number of hydrogen-bond acceptors (Lipinski definition) is 6. The van der Waals surface area contributed by atoms with Crippen molar-refractivity contribution in [1.29, 1.82) is 0 Å². The van der Waals surface area contributed by atoms with Gasteiger partial charge < -0.3 is 4.74 Å². The fourth-order valence-electron chi connectivity index (χ4n) is 3.24. The molecule has 8 heteroatoms. The summed E-state index contributed by atoms with van der Waals surface area (Å²) in [6.07, 6.45) is 0.629. The van der Waals surface area contributed by atoms with Crippen molar-refractivity contribution in [3.05, 3.63) is 33.4 Å². The summed E-state index contributed by atoms with van der Waals surface area (Å²) >= 11 is 0. The Balaban J connectivity index is 1.88. The number of amides is 2. The van der Waals surface area contributed by atoms with Crippen molar-refractivity contribution in [1.82, 2.24) is 10.2 Å². The van der Waals surface area contributed by atoms with E-state index in [1.54, 1.807) is 6.07 Å². The van der Waals surface area contributed by atoms with E-state index in [0.717, 1.165) is 5.56 Å². The first kappa shape index (κ1) is 16.4. The van der Waals surface area contributed by atoms with Crippen LogP contribution in [0.5, 0.6) is 5.75 Å². The SMILES string of the molecule is CC(C)Oc1cc2c(c([N+](=O)[O-])c1)CN(C1CCC(=O)NC1=O)C2. The zero-order valence-electron chi connectivity index (χ0n) is 13.6. The van der Waals surface area contributed by atoms with E-state index in [2.05, 4.69) is 5.32 Å². The largest absolute Gasteiger partial charge is 0.491 e. The molecule has 1 fully saturated rings. The van der Waals surface area contributed by atoms with Gasteiger partial charge in [0, 0.05) is 25.1 Å². The Morgan fingerprint density at radius 3 is 2.71 bits per heavy atom. The second kappa shape index (κ2) is 6.20. The fraction of sp³-hybridized carbons (Fsp3) is 0.500. The van der Waals surface area contributed by atoms with E-state index in [1.807, 2.05) is 18.7 Å². The van der Waals surface area contributed by atoms with Gasteiger partial charge in [0.05, 0.1) is 23.1 Å². The Hall–Kier alpha value is -2.48. The third-order valence-electron chi connectivity index (χ3n) is 4.25. The maximum atomic E-state index is 12.0. The number of rotatable bonds is 4. The Morgan fingerprint density at radius 2 is 2.08 bits per heavy atom. The zero-order chi connectivity index (χ0) is 17.4. The summed E-state index contributed by atoms with van der Waals surface area (Å²) in [5, 5.41) is 13.7. The van der Waals surface area contributed by atoms with Crippen LogP contribution in [0.3, 0.4) is 0 Å². The first-order valence-corrected chi connectivity index (χ1v) is 7.89. The number of carbonyl (C=O) groups excluding carboxylic acids is 2. The first-order valence-electron chi connectivity index (χ1n) is 7.89. The highest BCUT2D eigenvalue weighted by atomic mass is 16.6. The average Bonchev–Trinajstić information content (AvgIpc) is 2.88. The predicted octanol–water partition coefficient (Wildman–Crippen LogP) is 1.50. The Bertz CT molecular complexity index is 716. The highest BCUT2D eigenvalue weighted by Gasteiger charge is 2.37. The minimum atomic E-state index is -0.441. The number of benzene rings is 1. The third kappa shape index (κ3) is 3.09. The number of ether oxygens (including phenoxy) is 1. The van der Waals surface area contributed by atoms with Gasteiger partial charge in [-0.3, -0.25) is 29.9 Å². The predicted molar refractivity (Wildman–Crippen MR) is 84.3 cm³/mol. The molecule has 0 saturated carbocycles. The lowest BCUT2D eigenvalue weighted by Gasteiger charge is -2.28. The number of nitro groups is 1. The molecule has 1 atom stereocenters. The van der Waals surface area contributed by atoms with Gasteiger partial charge >= 0.3 is 0 Å². The van der Waals surface area contributed by atoms with Crippen LogP contribution < -0.4 is 10.1 Å². The minimum Gasteiger partial charge on any atom is -0.491 e. The van der Waals surface area contributed by atoms with Crippen molar-refractivity contribution >= 4 is 17.5 Å². The van der Waals surface area contributed by atoms with Gasteiger partial charge in [-0.05, 0) is 31.9 Å². The first-order chi connectivity index (χ1) is 11.3. The van der Waals surface area contributed by atoms with E-state index in [1.165, 1.54) is 6.07 Å². The molecule has 1 aromatic carbocycles. The molecule has 3 rings (SSSR count). The quantitative estimate of drug-likeness (QED) is 0.509. The maximum Gasteiger partial charge on any atom is 0.277 e. The van der Waals surface area contributed by atoms with Gasteiger partial charge in [-0.15, -0.1) is 0 Å². The number of nitro benzene ring substituents is 1. The monoisotopic (exact) mass is 333 g/mol. The molecule has 0 aliphatic carbocycles. The van der Waals surface area contributed by atoms with E-state index in [4.69, 9.17) is 4.74 Å². The summed E-state index contributed by atoms with van der Waals surface area (Å²) in [6, 6.07) is 2.80. The molecule has 128 valence electrons. The fourth-order valence-corrected chi connectivity index (χ4v) is 3.24. The maximum absolute atomic E-state index is 12.0. The lowest BCUT2D eigenvalue weighted by Crippen LogP contribution is -2.50. The molecule has 1 unspecified atom stereocenters. The van der Waals surface area contributed by atoms with Crippen LogP contribution in [0.2, 0.25) is 0 Å². The summed E-state index contributed by atoms with van der Waals surface area (Å²) in [4.78, 5) is 36.2. The number of piperidine rings is 1. The summed E-state index contributed by atoms with van der Waals surface area (Å²) < 4.78 is 5.60. The molecular weight excluding hydrogens is 314 g/mol. The third-order valence-corrected chi connectivity index (χ3v) is 4.25. The standard InChI is InChI=1S/C16H19N3O5/c1-9(2)24-11-5-10-7-18(8-12(10)14(6-11)19(22)23)13-3-4-15(20)17-16(13)21/h5-6,9,13H,3-4,7-8H2,1-2H3,(H,17,20,21). The van der Waals surface area contributed by atoms with Gasteiger partial charge in [-0.1, -0.05) is 0 Å². The second-order valence-electron chi connectivity index (χ2n) is 6.38. The van der Waals surface area contributed by atoms with Crippen LogP contribution in [0.4, 0.5) is 5.69 Å². The number of carbonyl (C=O) groups is 2. The van der Waals surface area contributed by atoms with Crippen molar-refractivity contribution < 1.29 is 19.2 Å². The zero-order valence-corrected chi connectivity index (χ0v) is 13.6. The van der Waals surface area contributed by atoms with Crippen LogP contribution in [0.25, 0.3) is 0 Å². The molecule has 24 heavy (non-hydrogen) atoms. The molecule has 8 nitrogen and oxygen atoms in total. The Kier molecular flexibility index (Phi) is 4.23. The van der Waals surface area contributed by atoms with Gasteiger partial charge in [-0.25, -0.2) is 0 Å². The van der Waals surface area contributed by atoms with E-state index < -0.39 is 11.0 Å². The van der Waals surface area contributed by atoms with E-state index >= 15 is 0 Å². The van der Waals surface area contributed by atoms with Gasteiger partial charge in [0.1, 0.15) is 5.75 Å². The summed E-state index contributed by atoms with van der Waals surface area (Å²) in [5.74, 6) is -0.146. The molecule has 1 aromatic rings. The van der Waals surface area contributed by atoms with Crippen molar-refractivity contribution in [3.8, 4) is 5.75 Å². The van der Waals surface area contributed by atoms with Gasteiger partial charge in [0.25, 0.3) is 5.69 Å². The van der Waals surface area contributed by atoms with Gasteiger partial charge in [0.15, 0.2) is 0 Å². The molecule has 0 aromatic heterocycles. The summed E-state index contributed by atoms with van der Waals surface area (Å²) in [7, 11) is 0. The summed E-state index contributed by atoms with van der Waals surface area (Å²) in [6.45, 7) is 4.46. The number of nitrogens with zero attached hydrogens (tertiary/aromatic N) is 2. The molecule has 1 saturated heterocycles. The highest BCUT2D eigenvalue weighted by Crippen LogP contribution is 2.37. The van der Waals surface area contributed by atoms with Crippen LogP contribution in [0.15, 0.2) is 12.1 Å². The van der Waals surface area contributed by atoms with Gasteiger partial charge in [0.2, 0.25) is 11.8 Å². The van der Waals surface area contributed by atoms with Crippen molar-refractivity contribution in [2.45, 2.75) is 51.9 Å². The topological polar surface area (TPSA) is 102 Å². The lowest BCUT2D eigenvalue weighted by atomic mass is 10.0. The summed E-state index contributed by atoms with van der Waals surface area (Å²) in [5.41, 5.74) is 1.42. The minimum absolute atomic E-state index is 0.0120. The van der Waals surface area contributed by atoms with Crippen LogP contribution in [0, 0.1) is 10.1 Å². The number of fused-ring (bicyclic) bond motifs is 1. The number of hydrogen-bond donors (Lipinski definition) is 1. The highest BCUT2D eigenvalue weighted by molar-refractivity contribution is 6.00. The van der Waals surface area contributed by atoms with Crippen LogP contribution >= 0.6 is 0 Å². The Morgan fingerprint density at radius 1 is 1.33 bits per heavy atom. The molecule has 0 bridgehead atoms. The van der Waals surface area contributed by atoms with Crippen molar-refractivity contribution in [2.24, 2.45) is 0 Å². The lowest BCUT2D eigenvalue weighted by molar-refractivity contribution is -0.385. The molecule has 0 spiro atoms.